The van der Waals surface area contributed by atoms with E-state index in [1.807, 2.05) is 25.1 Å². The van der Waals surface area contributed by atoms with Gasteiger partial charge in [-0.15, -0.1) is 0 Å². The van der Waals surface area contributed by atoms with Crippen molar-refractivity contribution in [2.45, 2.75) is 51.4 Å². The highest BCUT2D eigenvalue weighted by Crippen LogP contribution is 2.34. The average molecular weight is 274 g/mol. The maximum atomic E-state index is 12.3. The second-order valence-electron chi connectivity index (χ2n) is 5.75. The Balaban J connectivity index is 1.66. The number of carbonyl (C=O) groups excluding carboxylic acids is 1. The van der Waals surface area contributed by atoms with Gasteiger partial charge in [-0.3, -0.25) is 4.79 Å². The van der Waals surface area contributed by atoms with Crippen LogP contribution in [0.25, 0.3) is 0 Å². The Morgan fingerprint density at radius 3 is 2.85 bits per heavy atom. The van der Waals surface area contributed by atoms with E-state index in [1.165, 1.54) is 0 Å². The second kappa shape index (κ2) is 5.44. The van der Waals surface area contributed by atoms with Gasteiger partial charge in [-0.1, -0.05) is 0 Å². The van der Waals surface area contributed by atoms with Crippen LogP contribution in [0.15, 0.2) is 18.2 Å². The number of benzene rings is 1. The molecule has 2 aliphatic heterocycles. The van der Waals surface area contributed by atoms with Gasteiger partial charge < -0.3 is 15.4 Å². The van der Waals surface area contributed by atoms with Crippen LogP contribution < -0.4 is 10.6 Å². The standard InChI is InChI=1S/C16H22N2O2/c1-3-17-13-6-4-11(8-10(13)2)16(19)18-14-9-12-5-7-15(14)20-12/h4,6,8,12,14-15,17H,3,5,7,9H2,1-2H3,(H,18,19). The van der Waals surface area contributed by atoms with Crippen molar-refractivity contribution in [1.82, 2.24) is 5.32 Å². The Kier molecular flexibility index (Phi) is 3.66. The van der Waals surface area contributed by atoms with Crippen molar-refractivity contribution in [3.05, 3.63) is 29.3 Å². The molecular weight excluding hydrogens is 252 g/mol. The number of anilines is 1. The summed E-state index contributed by atoms with van der Waals surface area (Å²) in [5.41, 5.74) is 2.92. The molecule has 20 heavy (non-hydrogen) atoms. The molecule has 4 nitrogen and oxygen atoms in total. The summed E-state index contributed by atoms with van der Waals surface area (Å²) in [6.07, 6.45) is 3.78. The normalized spacial score (nSPS) is 27.6. The molecule has 0 aromatic heterocycles. The quantitative estimate of drug-likeness (QED) is 0.887. The first-order chi connectivity index (χ1) is 9.67. The van der Waals surface area contributed by atoms with Gasteiger partial charge in [0.2, 0.25) is 0 Å². The molecule has 2 N–H and O–H groups in total. The van der Waals surface area contributed by atoms with Gasteiger partial charge in [0.25, 0.3) is 5.91 Å². The minimum absolute atomic E-state index is 0.0114. The van der Waals surface area contributed by atoms with E-state index >= 15 is 0 Å². The summed E-state index contributed by atoms with van der Waals surface area (Å²) in [6, 6.07) is 6.00. The summed E-state index contributed by atoms with van der Waals surface area (Å²) in [7, 11) is 0. The number of hydrogen-bond acceptors (Lipinski definition) is 3. The molecule has 1 aromatic carbocycles. The highest BCUT2D eigenvalue weighted by molar-refractivity contribution is 5.95. The molecule has 3 rings (SSSR count). The molecule has 2 fully saturated rings. The van der Waals surface area contributed by atoms with E-state index in [1.54, 1.807) is 0 Å². The molecular formula is C16H22N2O2. The smallest absolute Gasteiger partial charge is 0.251 e. The zero-order chi connectivity index (χ0) is 14.1. The summed E-state index contributed by atoms with van der Waals surface area (Å²) in [5, 5.41) is 6.41. The third-order valence-electron chi connectivity index (χ3n) is 4.28. The lowest BCUT2D eigenvalue weighted by Crippen LogP contribution is -2.41. The molecule has 0 aliphatic carbocycles. The molecule has 1 aromatic rings. The fourth-order valence-electron chi connectivity index (χ4n) is 3.24. The molecule has 2 aliphatic rings. The highest BCUT2D eigenvalue weighted by Gasteiger charge is 2.41. The monoisotopic (exact) mass is 274 g/mol. The Hall–Kier alpha value is -1.55. The minimum Gasteiger partial charge on any atom is -0.385 e. The van der Waals surface area contributed by atoms with E-state index < -0.39 is 0 Å². The molecule has 0 radical (unpaired) electrons. The first kappa shape index (κ1) is 13.4. The topological polar surface area (TPSA) is 50.4 Å². The van der Waals surface area contributed by atoms with Crippen molar-refractivity contribution in [1.29, 1.82) is 0 Å². The fourth-order valence-corrected chi connectivity index (χ4v) is 3.24. The lowest BCUT2D eigenvalue weighted by atomic mass is 9.95. The summed E-state index contributed by atoms with van der Waals surface area (Å²) in [5.74, 6) is 0.0114. The molecule has 0 spiro atoms. The van der Waals surface area contributed by atoms with Crippen molar-refractivity contribution in [2.75, 3.05) is 11.9 Å². The van der Waals surface area contributed by atoms with Gasteiger partial charge in [0.05, 0.1) is 18.2 Å². The third kappa shape index (κ3) is 2.52. The van der Waals surface area contributed by atoms with Crippen LogP contribution in [0.3, 0.4) is 0 Å². The molecule has 3 unspecified atom stereocenters. The van der Waals surface area contributed by atoms with Gasteiger partial charge in [0, 0.05) is 17.8 Å². The predicted octanol–water partition coefficient (Wildman–Crippen LogP) is 2.48. The van der Waals surface area contributed by atoms with Crippen LogP contribution in [-0.2, 0) is 4.74 Å². The van der Waals surface area contributed by atoms with Crippen molar-refractivity contribution in [3.63, 3.8) is 0 Å². The number of amides is 1. The molecule has 108 valence electrons. The maximum absolute atomic E-state index is 12.3. The fraction of sp³-hybridized carbons (Fsp3) is 0.562. The van der Waals surface area contributed by atoms with E-state index in [-0.39, 0.29) is 18.1 Å². The molecule has 2 saturated heterocycles. The van der Waals surface area contributed by atoms with Gasteiger partial charge in [0.1, 0.15) is 0 Å². The van der Waals surface area contributed by atoms with Gasteiger partial charge in [-0.25, -0.2) is 0 Å². The van der Waals surface area contributed by atoms with Gasteiger partial charge in [-0.2, -0.15) is 0 Å². The first-order valence-electron chi connectivity index (χ1n) is 7.48. The van der Waals surface area contributed by atoms with Crippen LogP contribution in [0.2, 0.25) is 0 Å². The summed E-state index contributed by atoms with van der Waals surface area (Å²) in [6.45, 7) is 4.97. The summed E-state index contributed by atoms with van der Waals surface area (Å²) < 4.78 is 5.77. The lowest BCUT2D eigenvalue weighted by molar-refractivity contribution is 0.0841. The lowest BCUT2D eigenvalue weighted by Gasteiger charge is -2.20. The van der Waals surface area contributed by atoms with E-state index in [0.29, 0.717) is 6.10 Å². The Labute approximate surface area is 119 Å². The molecule has 2 bridgehead atoms. The number of carbonyl (C=O) groups is 1. The van der Waals surface area contributed by atoms with Crippen LogP contribution in [0.4, 0.5) is 5.69 Å². The highest BCUT2D eigenvalue weighted by atomic mass is 16.5. The van der Waals surface area contributed by atoms with Crippen LogP contribution in [0, 0.1) is 6.92 Å². The summed E-state index contributed by atoms with van der Waals surface area (Å²) >= 11 is 0. The number of nitrogens with one attached hydrogen (secondary N) is 2. The van der Waals surface area contributed by atoms with Crippen LogP contribution in [0.1, 0.15) is 42.1 Å². The summed E-state index contributed by atoms with van der Waals surface area (Å²) in [4.78, 5) is 12.3. The molecule has 4 heteroatoms. The zero-order valence-corrected chi connectivity index (χ0v) is 12.1. The third-order valence-corrected chi connectivity index (χ3v) is 4.28. The molecule has 0 saturated carbocycles. The van der Waals surface area contributed by atoms with E-state index in [4.69, 9.17) is 4.74 Å². The Bertz CT molecular complexity index is 515. The van der Waals surface area contributed by atoms with E-state index in [2.05, 4.69) is 17.6 Å². The van der Waals surface area contributed by atoms with Crippen molar-refractivity contribution in [2.24, 2.45) is 0 Å². The van der Waals surface area contributed by atoms with E-state index in [9.17, 15) is 4.79 Å². The number of rotatable bonds is 4. The average Bonchev–Trinajstić information content (AvgIpc) is 3.03. The van der Waals surface area contributed by atoms with Crippen molar-refractivity contribution in [3.8, 4) is 0 Å². The van der Waals surface area contributed by atoms with Gasteiger partial charge >= 0.3 is 0 Å². The predicted molar refractivity (Wildman–Crippen MR) is 79.1 cm³/mol. The molecule has 1 amide bonds. The van der Waals surface area contributed by atoms with Crippen LogP contribution in [-0.4, -0.2) is 30.7 Å². The number of ether oxygens (including phenoxy) is 1. The number of hydrogen-bond donors (Lipinski definition) is 2. The van der Waals surface area contributed by atoms with Crippen molar-refractivity contribution >= 4 is 11.6 Å². The first-order valence-corrected chi connectivity index (χ1v) is 7.48. The number of fused-ring (bicyclic) bond motifs is 2. The Morgan fingerprint density at radius 2 is 2.25 bits per heavy atom. The Morgan fingerprint density at radius 1 is 1.40 bits per heavy atom. The van der Waals surface area contributed by atoms with Crippen molar-refractivity contribution < 1.29 is 9.53 Å². The van der Waals surface area contributed by atoms with Gasteiger partial charge in [-0.05, 0) is 56.9 Å². The molecule has 3 atom stereocenters. The van der Waals surface area contributed by atoms with Crippen LogP contribution >= 0.6 is 0 Å². The minimum atomic E-state index is 0.0114. The SMILES string of the molecule is CCNc1ccc(C(=O)NC2CC3CCC2O3)cc1C. The second-order valence-corrected chi connectivity index (χ2v) is 5.75. The molecule has 2 heterocycles. The van der Waals surface area contributed by atoms with Crippen LogP contribution in [0.5, 0.6) is 0 Å². The van der Waals surface area contributed by atoms with E-state index in [0.717, 1.165) is 42.6 Å². The largest absolute Gasteiger partial charge is 0.385 e. The number of aryl methyl sites for hydroxylation is 1. The maximum Gasteiger partial charge on any atom is 0.251 e. The zero-order valence-electron chi connectivity index (χ0n) is 12.1. The van der Waals surface area contributed by atoms with Gasteiger partial charge in [0.15, 0.2) is 0 Å².